The summed E-state index contributed by atoms with van der Waals surface area (Å²) >= 11 is 0. The second-order valence-corrected chi connectivity index (χ2v) is 4.02. The second-order valence-electron chi connectivity index (χ2n) is 4.02. The van der Waals surface area contributed by atoms with Crippen molar-refractivity contribution in [2.45, 2.75) is 13.0 Å². The Balaban J connectivity index is 2.16. The lowest BCUT2D eigenvalue weighted by Crippen LogP contribution is -2.45. The van der Waals surface area contributed by atoms with Crippen molar-refractivity contribution in [1.29, 1.82) is 0 Å². The molecular weight excluding hydrogens is 186 g/mol. The lowest BCUT2D eigenvalue weighted by atomic mass is 10.0. The molecule has 1 unspecified atom stereocenters. The van der Waals surface area contributed by atoms with E-state index in [9.17, 15) is 0 Å². The van der Waals surface area contributed by atoms with Gasteiger partial charge in [-0.2, -0.15) is 0 Å². The van der Waals surface area contributed by atoms with Crippen LogP contribution in [0.25, 0.3) is 0 Å². The van der Waals surface area contributed by atoms with Crippen molar-refractivity contribution >= 4 is 5.69 Å². The summed E-state index contributed by atoms with van der Waals surface area (Å²) in [5.74, 6) is 0. The summed E-state index contributed by atoms with van der Waals surface area (Å²) in [6, 6.07) is 8.74. The highest BCUT2D eigenvalue weighted by Gasteiger charge is 2.21. The van der Waals surface area contributed by atoms with Crippen LogP contribution in [0.1, 0.15) is 18.5 Å². The Labute approximate surface area is 91.3 Å². The van der Waals surface area contributed by atoms with Gasteiger partial charge in [-0.1, -0.05) is 19.1 Å². The molecule has 3 heteroatoms. The average Bonchev–Trinajstić information content (AvgIpc) is 2.30. The molecule has 2 rings (SSSR count). The molecule has 0 aliphatic carbocycles. The first-order chi connectivity index (χ1) is 7.31. The minimum absolute atomic E-state index is 0.504. The molecule has 0 radical (unpaired) electrons. The molecule has 0 amide bonds. The van der Waals surface area contributed by atoms with Crippen LogP contribution in [-0.4, -0.2) is 31.1 Å². The minimum atomic E-state index is 0.504. The molecule has 3 N–H and O–H groups in total. The normalized spacial score (nSPS) is 22.9. The summed E-state index contributed by atoms with van der Waals surface area (Å²) in [6.07, 6.45) is 0. The van der Waals surface area contributed by atoms with Crippen LogP contribution in [0.15, 0.2) is 24.3 Å². The highest BCUT2D eigenvalue weighted by molar-refractivity contribution is 5.40. The standard InChI is InChI=1S/C12H19N3/c1-2-15-8-7-14-9-12(15)10-3-5-11(13)6-4-10/h3-6,12,14H,2,7-9,13H2,1H3. The Hall–Kier alpha value is -1.06. The number of benzene rings is 1. The first kappa shape index (κ1) is 10.5. The number of nitrogens with one attached hydrogen (secondary N) is 1. The molecular formula is C12H19N3. The maximum Gasteiger partial charge on any atom is 0.0473 e. The fourth-order valence-corrected chi connectivity index (χ4v) is 2.17. The number of hydrogen-bond acceptors (Lipinski definition) is 3. The molecule has 1 aromatic rings. The molecule has 82 valence electrons. The van der Waals surface area contributed by atoms with E-state index in [4.69, 9.17) is 5.73 Å². The van der Waals surface area contributed by atoms with Gasteiger partial charge in [-0.15, -0.1) is 0 Å². The van der Waals surface area contributed by atoms with Crippen molar-refractivity contribution in [1.82, 2.24) is 10.2 Å². The smallest absolute Gasteiger partial charge is 0.0473 e. The number of nitrogen functional groups attached to an aromatic ring is 1. The number of likely N-dealkylation sites (N-methyl/N-ethyl adjacent to an activating group) is 1. The number of piperazine rings is 1. The molecule has 1 heterocycles. The van der Waals surface area contributed by atoms with E-state index in [-0.39, 0.29) is 0 Å². The van der Waals surface area contributed by atoms with Gasteiger partial charge in [0.05, 0.1) is 0 Å². The van der Waals surface area contributed by atoms with Gasteiger partial charge in [-0.05, 0) is 24.2 Å². The lowest BCUT2D eigenvalue weighted by Gasteiger charge is -2.35. The van der Waals surface area contributed by atoms with Crippen LogP contribution < -0.4 is 11.1 Å². The summed E-state index contributed by atoms with van der Waals surface area (Å²) in [7, 11) is 0. The number of anilines is 1. The summed E-state index contributed by atoms with van der Waals surface area (Å²) in [4.78, 5) is 2.50. The zero-order chi connectivity index (χ0) is 10.7. The number of nitrogens with two attached hydrogens (primary N) is 1. The van der Waals surface area contributed by atoms with E-state index in [1.807, 2.05) is 12.1 Å². The van der Waals surface area contributed by atoms with Gasteiger partial charge in [0.1, 0.15) is 0 Å². The van der Waals surface area contributed by atoms with Crippen molar-refractivity contribution in [3.05, 3.63) is 29.8 Å². The third kappa shape index (κ3) is 2.30. The Kier molecular flexibility index (Phi) is 3.23. The van der Waals surface area contributed by atoms with E-state index in [0.29, 0.717) is 6.04 Å². The monoisotopic (exact) mass is 205 g/mol. The summed E-state index contributed by atoms with van der Waals surface area (Å²) in [5, 5.41) is 3.44. The maximum absolute atomic E-state index is 5.69. The average molecular weight is 205 g/mol. The van der Waals surface area contributed by atoms with Gasteiger partial charge in [0, 0.05) is 31.4 Å². The van der Waals surface area contributed by atoms with Crippen molar-refractivity contribution in [3.63, 3.8) is 0 Å². The fourth-order valence-electron chi connectivity index (χ4n) is 2.17. The molecule has 1 saturated heterocycles. The third-order valence-corrected chi connectivity index (χ3v) is 3.08. The van der Waals surface area contributed by atoms with E-state index in [1.54, 1.807) is 0 Å². The zero-order valence-corrected chi connectivity index (χ0v) is 9.24. The molecule has 0 saturated carbocycles. The van der Waals surface area contributed by atoms with Crippen LogP contribution in [0.5, 0.6) is 0 Å². The first-order valence-corrected chi connectivity index (χ1v) is 5.61. The predicted molar refractivity (Wildman–Crippen MR) is 63.7 cm³/mol. The van der Waals surface area contributed by atoms with E-state index >= 15 is 0 Å². The lowest BCUT2D eigenvalue weighted by molar-refractivity contribution is 0.171. The SMILES string of the molecule is CCN1CCNCC1c1ccc(N)cc1. The topological polar surface area (TPSA) is 41.3 Å². The molecule has 1 aromatic carbocycles. The van der Waals surface area contributed by atoms with E-state index in [0.717, 1.165) is 31.9 Å². The van der Waals surface area contributed by atoms with E-state index < -0.39 is 0 Å². The Morgan fingerprint density at radius 3 is 2.80 bits per heavy atom. The molecule has 0 bridgehead atoms. The van der Waals surface area contributed by atoms with Crippen molar-refractivity contribution in [2.24, 2.45) is 0 Å². The summed E-state index contributed by atoms with van der Waals surface area (Å²) in [5.41, 5.74) is 7.89. The Bertz CT molecular complexity index is 307. The van der Waals surface area contributed by atoms with Gasteiger partial charge in [-0.25, -0.2) is 0 Å². The molecule has 1 aliphatic rings. The number of rotatable bonds is 2. The van der Waals surface area contributed by atoms with Gasteiger partial charge in [0.15, 0.2) is 0 Å². The van der Waals surface area contributed by atoms with Gasteiger partial charge in [0.25, 0.3) is 0 Å². The summed E-state index contributed by atoms with van der Waals surface area (Å²) in [6.45, 7) is 6.59. The molecule has 15 heavy (non-hydrogen) atoms. The van der Waals surface area contributed by atoms with Gasteiger partial charge >= 0.3 is 0 Å². The van der Waals surface area contributed by atoms with Gasteiger partial charge in [-0.3, -0.25) is 4.90 Å². The van der Waals surface area contributed by atoms with E-state index in [2.05, 4.69) is 29.3 Å². The highest BCUT2D eigenvalue weighted by Crippen LogP contribution is 2.22. The van der Waals surface area contributed by atoms with Crippen LogP contribution in [0.4, 0.5) is 5.69 Å². The first-order valence-electron chi connectivity index (χ1n) is 5.61. The number of hydrogen-bond donors (Lipinski definition) is 2. The molecule has 3 nitrogen and oxygen atoms in total. The van der Waals surface area contributed by atoms with Gasteiger partial charge in [0.2, 0.25) is 0 Å². The molecule has 1 aliphatic heterocycles. The Morgan fingerprint density at radius 2 is 2.13 bits per heavy atom. The number of nitrogens with zero attached hydrogens (tertiary/aromatic N) is 1. The predicted octanol–water partition coefficient (Wildman–Crippen LogP) is 1.23. The van der Waals surface area contributed by atoms with Crippen LogP contribution in [0, 0.1) is 0 Å². The van der Waals surface area contributed by atoms with Gasteiger partial charge < -0.3 is 11.1 Å². The van der Waals surface area contributed by atoms with Crippen molar-refractivity contribution in [2.75, 3.05) is 31.9 Å². The largest absolute Gasteiger partial charge is 0.399 e. The Morgan fingerprint density at radius 1 is 1.40 bits per heavy atom. The molecule has 0 spiro atoms. The molecule has 1 fully saturated rings. The minimum Gasteiger partial charge on any atom is -0.399 e. The maximum atomic E-state index is 5.69. The fraction of sp³-hybridized carbons (Fsp3) is 0.500. The zero-order valence-electron chi connectivity index (χ0n) is 9.24. The van der Waals surface area contributed by atoms with Crippen LogP contribution in [0.3, 0.4) is 0 Å². The molecule has 0 aromatic heterocycles. The molecule has 1 atom stereocenters. The quantitative estimate of drug-likeness (QED) is 0.714. The highest BCUT2D eigenvalue weighted by atomic mass is 15.2. The van der Waals surface area contributed by atoms with E-state index in [1.165, 1.54) is 5.56 Å². The van der Waals surface area contributed by atoms with Crippen LogP contribution in [-0.2, 0) is 0 Å². The third-order valence-electron chi connectivity index (χ3n) is 3.08. The summed E-state index contributed by atoms with van der Waals surface area (Å²) < 4.78 is 0. The van der Waals surface area contributed by atoms with Crippen molar-refractivity contribution < 1.29 is 0 Å². The van der Waals surface area contributed by atoms with Crippen LogP contribution in [0.2, 0.25) is 0 Å². The second kappa shape index (κ2) is 4.64. The van der Waals surface area contributed by atoms with Crippen LogP contribution >= 0.6 is 0 Å². The van der Waals surface area contributed by atoms with Crippen molar-refractivity contribution in [3.8, 4) is 0 Å².